The van der Waals surface area contributed by atoms with E-state index < -0.39 is 11.6 Å². The molecule has 1 aliphatic carbocycles. The number of unbranched alkanes of at least 4 members (excludes halogenated alkanes) is 1. The SMILES string of the molecule is CCCCc1ccc(-c2ccc(CCC=CC3CCC(c4ccc(OCC)c(F)c4F)CC3)cc2)cc1. The molecule has 0 bridgehead atoms. The van der Waals surface area contributed by atoms with Gasteiger partial charge in [0.25, 0.3) is 0 Å². The molecule has 0 aliphatic heterocycles. The van der Waals surface area contributed by atoms with Gasteiger partial charge in [-0.1, -0.05) is 80.1 Å². The third-order valence-electron chi connectivity index (χ3n) is 7.66. The highest BCUT2D eigenvalue weighted by atomic mass is 19.2. The summed E-state index contributed by atoms with van der Waals surface area (Å²) in [5, 5.41) is 0. The van der Waals surface area contributed by atoms with Crippen LogP contribution in [0.15, 0.2) is 72.8 Å². The molecular formula is C34H40F2O. The van der Waals surface area contributed by atoms with Crippen molar-refractivity contribution in [2.75, 3.05) is 6.61 Å². The number of halogens is 2. The quantitative estimate of drug-likeness (QED) is 0.237. The van der Waals surface area contributed by atoms with Crippen LogP contribution in [0.25, 0.3) is 11.1 Å². The lowest BCUT2D eigenvalue weighted by Crippen LogP contribution is -2.14. The number of hydrogen-bond acceptors (Lipinski definition) is 1. The molecule has 0 amide bonds. The fourth-order valence-electron chi connectivity index (χ4n) is 5.40. The summed E-state index contributed by atoms with van der Waals surface area (Å²) in [7, 11) is 0. The van der Waals surface area contributed by atoms with E-state index in [-0.39, 0.29) is 11.7 Å². The Hall–Kier alpha value is -2.94. The van der Waals surface area contributed by atoms with E-state index in [2.05, 4.69) is 67.6 Å². The first-order valence-corrected chi connectivity index (χ1v) is 14.0. The number of aryl methyl sites for hydroxylation is 2. The molecule has 1 aliphatic rings. The van der Waals surface area contributed by atoms with Crippen LogP contribution in [-0.4, -0.2) is 6.61 Å². The largest absolute Gasteiger partial charge is 0.491 e. The molecule has 3 aromatic rings. The maximum atomic E-state index is 14.6. The van der Waals surface area contributed by atoms with Gasteiger partial charge in [0.15, 0.2) is 11.6 Å². The summed E-state index contributed by atoms with van der Waals surface area (Å²) in [4.78, 5) is 0. The minimum atomic E-state index is -0.852. The molecule has 0 spiro atoms. The molecule has 0 N–H and O–H groups in total. The van der Waals surface area contributed by atoms with E-state index in [4.69, 9.17) is 4.74 Å². The van der Waals surface area contributed by atoms with Gasteiger partial charge in [-0.2, -0.15) is 4.39 Å². The molecule has 1 fully saturated rings. The Kier molecular flexibility index (Phi) is 9.93. The summed E-state index contributed by atoms with van der Waals surface area (Å²) in [5.74, 6) is -0.975. The second-order valence-corrected chi connectivity index (χ2v) is 10.3. The fourth-order valence-corrected chi connectivity index (χ4v) is 5.40. The summed E-state index contributed by atoms with van der Waals surface area (Å²) in [6.45, 7) is 4.33. The highest BCUT2D eigenvalue weighted by molar-refractivity contribution is 5.64. The van der Waals surface area contributed by atoms with Gasteiger partial charge in [-0.05, 0) is 104 Å². The molecule has 1 saturated carbocycles. The first-order chi connectivity index (χ1) is 18.1. The average molecular weight is 503 g/mol. The van der Waals surface area contributed by atoms with Crippen LogP contribution in [0.2, 0.25) is 0 Å². The predicted octanol–water partition coefficient (Wildman–Crippen LogP) is 9.84. The predicted molar refractivity (Wildman–Crippen MR) is 150 cm³/mol. The molecule has 3 heteroatoms. The van der Waals surface area contributed by atoms with Crippen molar-refractivity contribution in [3.05, 3.63) is 101 Å². The summed E-state index contributed by atoms with van der Waals surface area (Å²) in [6, 6.07) is 21.2. The minimum Gasteiger partial charge on any atom is -0.491 e. The number of rotatable bonds is 11. The molecule has 0 radical (unpaired) electrons. The molecule has 0 heterocycles. The normalized spacial score (nSPS) is 17.8. The lowest BCUT2D eigenvalue weighted by molar-refractivity contribution is 0.310. The van der Waals surface area contributed by atoms with Crippen LogP contribution in [0.4, 0.5) is 8.78 Å². The lowest BCUT2D eigenvalue weighted by atomic mass is 9.78. The summed E-state index contributed by atoms with van der Waals surface area (Å²) >= 11 is 0. The Balaban J connectivity index is 1.22. The van der Waals surface area contributed by atoms with E-state index >= 15 is 0 Å². The maximum Gasteiger partial charge on any atom is 0.200 e. The van der Waals surface area contributed by atoms with Gasteiger partial charge < -0.3 is 4.74 Å². The first-order valence-electron chi connectivity index (χ1n) is 14.0. The molecule has 196 valence electrons. The second-order valence-electron chi connectivity index (χ2n) is 10.3. The van der Waals surface area contributed by atoms with Gasteiger partial charge in [-0.15, -0.1) is 0 Å². The van der Waals surface area contributed by atoms with Gasteiger partial charge in [-0.3, -0.25) is 0 Å². The van der Waals surface area contributed by atoms with Crippen LogP contribution in [-0.2, 0) is 12.8 Å². The van der Waals surface area contributed by atoms with Crippen molar-refractivity contribution < 1.29 is 13.5 Å². The maximum absolute atomic E-state index is 14.6. The van der Waals surface area contributed by atoms with E-state index in [0.29, 0.717) is 18.1 Å². The van der Waals surface area contributed by atoms with Crippen molar-refractivity contribution in [1.82, 2.24) is 0 Å². The van der Waals surface area contributed by atoms with E-state index in [1.54, 1.807) is 19.1 Å². The Morgan fingerprint density at radius 3 is 1.97 bits per heavy atom. The van der Waals surface area contributed by atoms with Crippen LogP contribution < -0.4 is 4.74 Å². The number of ether oxygens (including phenoxy) is 1. The molecular weight excluding hydrogens is 462 g/mol. The summed E-state index contributed by atoms with van der Waals surface area (Å²) in [6.07, 6.45) is 14.1. The fraction of sp³-hybridized carbons (Fsp3) is 0.412. The molecule has 37 heavy (non-hydrogen) atoms. The van der Waals surface area contributed by atoms with Crippen molar-refractivity contribution in [1.29, 1.82) is 0 Å². The Bertz CT molecular complexity index is 1140. The average Bonchev–Trinajstić information content (AvgIpc) is 2.94. The highest BCUT2D eigenvalue weighted by Gasteiger charge is 2.25. The third kappa shape index (κ3) is 7.31. The Morgan fingerprint density at radius 1 is 0.757 bits per heavy atom. The standard InChI is InChI=1S/C34H40F2O/c1-3-5-8-25-11-17-28(18-12-25)29-19-13-26(14-20-29)9-6-7-10-27-15-21-30(22-16-27)31-23-24-32(37-4-2)34(36)33(31)35/h7,10-14,17-20,23-24,27,30H,3-6,8-9,15-16,21-22H2,1-2H3. The van der Waals surface area contributed by atoms with Gasteiger partial charge in [0.2, 0.25) is 5.82 Å². The van der Waals surface area contributed by atoms with Crippen molar-refractivity contribution in [2.24, 2.45) is 5.92 Å². The number of allylic oxidation sites excluding steroid dienone is 2. The van der Waals surface area contributed by atoms with E-state index in [0.717, 1.165) is 44.9 Å². The Morgan fingerprint density at radius 2 is 1.38 bits per heavy atom. The molecule has 1 nitrogen and oxygen atoms in total. The van der Waals surface area contributed by atoms with Crippen LogP contribution >= 0.6 is 0 Å². The molecule has 0 unspecified atom stereocenters. The van der Waals surface area contributed by atoms with Crippen molar-refractivity contribution >= 4 is 0 Å². The molecule has 4 rings (SSSR count). The zero-order valence-corrected chi connectivity index (χ0v) is 22.3. The highest BCUT2D eigenvalue weighted by Crippen LogP contribution is 2.39. The first kappa shape index (κ1) is 27.1. The summed E-state index contributed by atoms with van der Waals surface area (Å²) < 4.78 is 34.0. The zero-order chi connectivity index (χ0) is 26.0. The second kappa shape index (κ2) is 13.6. The number of hydrogen-bond donors (Lipinski definition) is 0. The van der Waals surface area contributed by atoms with Gasteiger partial charge in [0.05, 0.1) is 6.61 Å². The van der Waals surface area contributed by atoms with E-state index in [9.17, 15) is 8.78 Å². The van der Waals surface area contributed by atoms with E-state index in [1.807, 2.05) is 0 Å². The minimum absolute atomic E-state index is 0.00599. The molecule has 0 atom stereocenters. The van der Waals surface area contributed by atoms with Crippen LogP contribution in [0.3, 0.4) is 0 Å². The topological polar surface area (TPSA) is 9.23 Å². The molecule has 0 aromatic heterocycles. The smallest absolute Gasteiger partial charge is 0.200 e. The zero-order valence-electron chi connectivity index (χ0n) is 22.3. The van der Waals surface area contributed by atoms with Crippen molar-refractivity contribution in [3.63, 3.8) is 0 Å². The van der Waals surface area contributed by atoms with Crippen LogP contribution in [0, 0.1) is 17.6 Å². The van der Waals surface area contributed by atoms with Crippen molar-refractivity contribution in [3.8, 4) is 16.9 Å². The Labute approximate surface area is 221 Å². The monoisotopic (exact) mass is 502 g/mol. The molecule has 3 aromatic carbocycles. The van der Waals surface area contributed by atoms with Gasteiger partial charge in [-0.25, -0.2) is 4.39 Å². The summed E-state index contributed by atoms with van der Waals surface area (Å²) in [5.41, 5.74) is 5.81. The van der Waals surface area contributed by atoms with Gasteiger partial charge >= 0.3 is 0 Å². The van der Waals surface area contributed by atoms with E-state index in [1.165, 1.54) is 35.1 Å². The third-order valence-corrected chi connectivity index (χ3v) is 7.66. The van der Waals surface area contributed by atoms with Gasteiger partial charge in [0, 0.05) is 0 Å². The van der Waals surface area contributed by atoms with Gasteiger partial charge in [0.1, 0.15) is 0 Å². The number of benzene rings is 3. The molecule has 0 saturated heterocycles. The lowest BCUT2D eigenvalue weighted by Gasteiger charge is -2.27. The van der Waals surface area contributed by atoms with Crippen LogP contribution in [0.1, 0.15) is 81.4 Å². The van der Waals surface area contributed by atoms with Crippen molar-refractivity contribution in [2.45, 2.75) is 77.6 Å². The van der Waals surface area contributed by atoms with Crippen LogP contribution in [0.5, 0.6) is 5.75 Å².